The molecule has 0 N–H and O–H groups in total. The number of ether oxygens (including phenoxy) is 1. The van der Waals surface area contributed by atoms with Gasteiger partial charge in [0.2, 0.25) is 0 Å². The largest absolute Gasteiger partial charge is 0.457 e. The molecule has 0 saturated carbocycles. The number of rotatable bonds is 4. The summed E-state index contributed by atoms with van der Waals surface area (Å²) in [6.07, 6.45) is -2.84. The lowest BCUT2D eigenvalue weighted by atomic mass is 10.0. The number of hydrogen-bond donors (Lipinski definition) is 0. The standard InChI is InChI=1S/C21H18F3NO/c1-14(2)19-10-8-15(13-25-19)18-12-16(21(22,23)24)9-11-20(18)26-17-6-4-3-5-7-17/h3-14H,1-2H3. The van der Waals surface area contributed by atoms with Gasteiger partial charge < -0.3 is 4.74 Å². The smallest absolute Gasteiger partial charge is 0.416 e. The molecule has 0 radical (unpaired) electrons. The summed E-state index contributed by atoms with van der Waals surface area (Å²) < 4.78 is 45.3. The predicted octanol–water partition coefficient (Wildman–Crippen LogP) is 6.68. The van der Waals surface area contributed by atoms with E-state index in [1.807, 2.05) is 26.0 Å². The average Bonchev–Trinajstić information content (AvgIpc) is 2.62. The Balaban J connectivity index is 2.06. The zero-order valence-electron chi connectivity index (χ0n) is 14.4. The van der Waals surface area contributed by atoms with E-state index in [1.54, 1.807) is 36.5 Å². The van der Waals surface area contributed by atoms with Crippen LogP contribution in [0.1, 0.15) is 31.0 Å². The first kappa shape index (κ1) is 18.0. The Bertz CT molecular complexity index is 872. The lowest BCUT2D eigenvalue weighted by Crippen LogP contribution is -2.05. The van der Waals surface area contributed by atoms with Crippen LogP contribution in [0.2, 0.25) is 0 Å². The minimum Gasteiger partial charge on any atom is -0.457 e. The van der Waals surface area contributed by atoms with E-state index in [0.29, 0.717) is 22.6 Å². The highest BCUT2D eigenvalue weighted by Gasteiger charge is 2.31. The zero-order valence-corrected chi connectivity index (χ0v) is 14.4. The van der Waals surface area contributed by atoms with E-state index < -0.39 is 11.7 Å². The molecule has 1 aromatic heterocycles. The minimum absolute atomic E-state index is 0.241. The Hall–Kier alpha value is -2.82. The van der Waals surface area contributed by atoms with Gasteiger partial charge in [0.25, 0.3) is 0 Å². The van der Waals surface area contributed by atoms with E-state index in [-0.39, 0.29) is 5.92 Å². The van der Waals surface area contributed by atoms with E-state index in [1.165, 1.54) is 6.07 Å². The fourth-order valence-corrected chi connectivity index (χ4v) is 2.54. The molecule has 0 spiro atoms. The van der Waals surface area contributed by atoms with Crippen molar-refractivity contribution in [1.82, 2.24) is 4.98 Å². The maximum atomic E-state index is 13.2. The quantitative estimate of drug-likeness (QED) is 0.519. The molecule has 5 heteroatoms. The molecule has 2 nitrogen and oxygen atoms in total. The fourth-order valence-electron chi connectivity index (χ4n) is 2.54. The summed E-state index contributed by atoms with van der Waals surface area (Å²) in [5, 5.41) is 0. The van der Waals surface area contributed by atoms with Gasteiger partial charge in [-0.3, -0.25) is 4.98 Å². The third-order valence-corrected chi connectivity index (χ3v) is 3.97. The van der Waals surface area contributed by atoms with Crippen LogP contribution in [0.3, 0.4) is 0 Å². The highest BCUT2D eigenvalue weighted by atomic mass is 19.4. The summed E-state index contributed by atoms with van der Waals surface area (Å²) in [6.45, 7) is 4.02. The van der Waals surface area contributed by atoms with Crippen LogP contribution >= 0.6 is 0 Å². The number of pyridine rings is 1. The van der Waals surface area contributed by atoms with Crippen molar-refractivity contribution < 1.29 is 17.9 Å². The number of benzene rings is 2. The topological polar surface area (TPSA) is 22.1 Å². The molecule has 1 heterocycles. The molecule has 0 aliphatic carbocycles. The number of halogens is 3. The summed E-state index contributed by atoms with van der Waals surface area (Å²) in [5.74, 6) is 1.15. The molecule has 0 amide bonds. The molecule has 2 aromatic carbocycles. The van der Waals surface area contributed by atoms with Crippen LogP contribution in [0.25, 0.3) is 11.1 Å². The molecular formula is C21H18F3NO. The zero-order chi connectivity index (χ0) is 18.7. The van der Waals surface area contributed by atoms with Crippen LogP contribution < -0.4 is 4.74 Å². The number of alkyl halides is 3. The molecule has 3 rings (SSSR count). The molecule has 3 aromatic rings. The Morgan fingerprint density at radius 3 is 2.23 bits per heavy atom. The number of para-hydroxylation sites is 1. The molecule has 0 atom stereocenters. The molecule has 0 aliphatic rings. The first-order valence-corrected chi connectivity index (χ1v) is 8.25. The van der Waals surface area contributed by atoms with E-state index in [0.717, 1.165) is 17.8 Å². The van der Waals surface area contributed by atoms with Gasteiger partial charge in [0.15, 0.2) is 0 Å². The maximum absolute atomic E-state index is 13.2. The summed E-state index contributed by atoms with van der Waals surface area (Å²) in [4.78, 5) is 4.36. The highest BCUT2D eigenvalue weighted by Crippen LogP contribution is 2.38. The first-order chi connectivity index (χ1) is 12.3. The second-order valence-corrected chi connectivity index (χ2v) is 6.25. The van der Waals surface area contributed by atoms with E-state index >= 15 is 0 Å². The van der Waals surface area contributed by atoms with Gasteiger partial charge in [0.05, 0.1) is 5.56 Å². The van der Waals surface area contributed by atoms with Gasteiger partial charge in [-0.15, -0.1) is 0 Å². The Morgan fingerprint density at radius 2 is 1.65 bits per heavy atom. The van der Waals surface area contributed by atoms with E-state index in [9.17, 15) is 13.2 Å². The second-order valence-electron chi connectivity index (χ2n) is 6.25. The van der Waals surface area contributed by atoms with Gasteiger partial charge in [-0.05, 0) is 42.3 Å². The van der Waals surface area contributed by atoms with Crippen molar-refractivity contribution in [2.45, 2.75) is 25.9 Å². The molecule has 0 saturated heterocycles. The van der Waals surface area contributed by atoms with Gasteiger partial charge >= 0.3 is 6.18 Å². The van der Waals surface area contributed by atoms with Crippen molar-refractivity contribution in [2.24, 2.45) is 0 Å². The SMILES string of the molecule is CC(C)c1ccc(-c2cc(C(F)(F)F)ccc2Oc2ccccc2)cn1. The molecule has 134 valence electrons. The van der Waals surface area contributed by atoms with Crippen molar-refractivity contribution in [3.63, 3.8) is 0 Å². The second kappa shape index (κ2) is 7.20. The van der Waals surface area contributed by atoms with Crippen molar-refractivity contribution >= 4 is 0 Å². The lowest BCUT2D eigenvalue weighted by molar-refractivity contribution is -0.137. The summed E-state index contributed by atoms with van der Waals surface area (Å²) >= 11 is 0. The Morgan fingerprint density at radius 1 is 0.923 bits per heavy atom. The molecule has 26 heavy (non-hydrogen) atoms. The maximum Gasteiger partial charge on any atom is 0.416 e. The molecular weight excluding hydrogens is 339 g/mol. The van der Waals surface area contributed by atoms with Gasteiger partial charge in [0, 0.05) is 23.0 Å². The van der Waals surface area contributed by atoms with E-state index in [4.69, 9.17) is 4.74 Å². The van der Waals surface area contributed by atoms with Crippen molar-refractivity contribution in [2.75, 3.05) is 0 Å². The van der Waals surface area contributed by atoms with Gasteiger partial charge in [0.1, 0.15) is 11.5 Å². The van der Waals surface area contributed by atoms with Crippen molar-refractivity contribution in [3.8, 4) is 22.6 Å². The third kappa shape index (κ3) is 4.04. The van der Waals surface area contributed by atoms with Gasteiger partial charge in [-0.2, -0.15) is 13.2 Å². The van der Waals surface area contributed by atoms with Crippen molar-refractivity contribution in [1.29, 1.82) is 0 Å². The highest BCUT2D eigenvalue weighted by molar-refractivity contribution is 5.71. The van der Waals surface area contributed by atoms with Crippen LogP contribution in [0.5, 0.6) is 11.5 Å². The van der Waals surface area contributed by atoms with Gasteiger partial charge in [-0.1, -0.05) is 38.1 Å². The normalized spacial score (nSPS) is 11.6. The minimum atomic E-state index is -4.43. The van der Waals surface area contributed by atoms with Crippen LogP contribution in [0, 0.1) is 0 Å². The average molecular weight is 357 g/mol. The fraction of sp³-hybridized carbons (Fsp3) is 0.190. The number of hydrogen-bond acceptors (Lipinski definition) is 2. The van der Waals surface area contributed by atoms with Crippen molar-refractivity contribution in [3.05, 3.63) is 78.1 Å². The summed E-state index contributed by atoms with van der Waals surface area (Å²) in [7, 11) is 0. The predicted molar refractivity (Wildman–Crippen MR) is 95.3 cm³/mol. The first-order valence-electron chi connectivity index (χ1n) is 8.25. The Kier molecular flexibility index (Phi) is 4.98. The van der Waals surface area contributed by atoms with Crippen LogP contribution in [-0.4, -0.2) is 4.98 Å². The van der Waals surface area contributed by atoms with Crippen LogP contribution in [-0.2, 0) is 6.18 Å². The molecule has 0 bridgehead atoms. The number of nitrogens with zero attached hydrogens (tertiary/aromatic N) is 1. The van der Waals surface area contributed by atoms with Crippen LogP contribution in [0.15, 0.2) is 66.9 Å². The third-order valence-electron chi connectivity index (χ3n) is 3.97. The van der Waals surface area contributed by atoms with Crippen LogP contribution in [0.4, 0.5) is 13.2 Å². The summed E-state index contributed by atoms with van der Waals surface area (Å²) in [6, 6.07) is 16.0. The molecule has 0 unspecified atom stereocenters. The van der Waals surface area contributed by atoms with Gasteiger partial charge in [-0.25, -0.2) is 0 Å². The number of aromatic nitrogens is 1. The lowest BCUT2D eigenvalue weighted by Gasteiger charge is -2.15. The van der Waals surface area contributed by atoms with E-state index in [2.05, 4.69) is 4.98 Å². The summed E-state index contributed by atoms with van der Waals surface area (Å²) in [5.41, 5.74) is 1.09. The monoisotopic (exact) mass is 357 g/mol. The molecule has 0 aliphatic heterocycles. The molecule has 0 fully saturated rings. The Labute approximate surface area is 150 Å².